The Morgan fingerprint density at radius 2 is 2.27 bits per heavy atom. The topological polar surface area (TPSA) is 61.8 Å². The van der Waals surface area contributed by atoms with E-state index in [-0.39, 0.29) is 6.10 Å². The van der Waals surface area contributed by atoms with Gasteiger partial charge in [0.05, 0.1) is 6.10 Å². The lowest BCUT2D eigenvalue weighted by Gasteiger charge is -2.28. The molecule has 1 aliphatic rings. The smallest absolute Gasteiger partial charge is 0.153 e. The summed E-state index contributed by atoms with van der Waals surface area (Å²) in [7, 11) is 0. The fraction of sp³-hybridized carbons (Fsp3) is 0.714. The van der Waals surface area contributed by atoms with Crippen LogP contribution in [0, 0.1) is 6.92 Å². The van der Waals surface area contributed by atoms with Gasteiger partial charge in [0, 0.05) is 5.92 Å². The highest BCUT2D eigenvalue weighted by Crippen LogP contribution is 2.34. The summed E-state index contributed by atoms with van der Waals surface area (Å²) in [5.74, 6) is 2.09. The fourth-order valence-electron chi connectivity index (χ4n) is 1.34. The van der Waals surface area contributed by atoms with E-state index in [9.17, 15) is 0 Å². The molecule has 0 saturated heterocycles. The molecule has 60 valence electrons. The number of aliphatic hydroxyl groups is 1. The molecule has 1 aliphatic carbocycles. The number of hydrogen-bond acceptors (Lipinski definition) is 3. The average molecular weight is 153 g/mol. The second kappa shape index (κ2) is 2.30. The van der Waals surface area contributed by atoms with Crippen molar-refractivity contribution in [2.75, 3.05) is 0 Å². The minimum atomic E-state index is -0.126. The lowest BCUT2D eigenvalue weighted by molar-refractivity contribution is 0.0718. The average Bonchev–Trinajstić information content (AvgIpc) is 2.29. The number of nitrogens with one attached hydrogen (secondary N) is 1. The summed E-state index contributed by atoms with van der Waals surface area (Å²) in [4.78, 5) is 4.19. The minimum Gasteiger partial charge on any atom is -0.393 e. The van der Waals surface area contributed by atoms with Crippen LogP contribution in [-0.4, -0.2) is 26.4 Å². The number of aromatic nitrogens is 3. The molecule has 1 aromatic heterocycles. The number of hydrogen-bond donors (Lipinski definition) is 2. The van der Waals surface area contributed by atoms with E-state index in [4.69, 9.17) is 5.11 Å². The Balaban J connectivity index is 2.07. The van der Waals surface area contributed by atoms with Crippen LogP contribution in [0.3, 0.4) is 0 Å². The zero-order valence-electron chi connectivity index (χ0n) is 6.41. The molecular formula is C7H11N3O. The number of aryl methyl sites for hydroxylation is 1. The molecule has 0 amide bonds. The van der Waals surface area contributed by atoms with Crippen molar-refractivity contribution >= 4 is 0 Å². The highest BCUT2D eigenvalue weighted by atomic mass is 16.3. The highest BCUT2D eigenvalue weighted by molar-refractivity contribution is 5.03. The minimum absolute atomic E-state index is 0.126. The third-order valence-electron chi connectivity index (χ3n) is 2.09. The Morgan fingerprint density at radius 3 is 2.73 bits per heavy atom. The van der Waals surface area contributed by atoms with Crippen LogP contribution < -0.4 is 0 Å². The molecule has 0 atom stereocenters. The van der Waals surface area contributed by atoms with E-state index in [1.807, 2.05) is 6.92 Å². The third kappa shape index (κ3) is 1.14. The van der Waals surface area contributed by atoms with Gasteiger partial charge < -0.3 is 5.11 Å². The molecule has 0 bridgehead atoms. The second-order valence-electron chi connectivity index (χ2n) is 3.10. The Labute approximate surface area is 64.7 Å². The molecule has 2 N–H and O–H groups in total. The van der Waals surface area contributed by atoms with Gasteiger partial charge in [0.1, 0.15) is 5.82 Å². The maximum absolute atomic E-state index is 9.02. The van der Waals surface area contributed by atoms with Crippen LogP contribution in [0.2, 0.25) is 0 Å². The summed E-state index contributed by atoms with van der Waals surface area (Å²) in [5, 5.41) is 15.8. The van der Waals surface area contributed by atoms with Crippen LogP contribution in [-0.2, 0) is 0 Å². The molecule has 4 nitrogen and oxygen atoms in total. The number of nitrogens with zero attached hydrogens (tertiary/aromatic N) is 2. The van der Waals surface area contributed by atoms with Gasteiger partial charge in [-0.15, -0.1) is 0 Å². The molecule has 1 fully saturated rings. The molecule has 0 aromatic carbocycles. The Bertz CT molecular complexity index is 252. The summed E-state index contributed by atoms with van der Waals surface area (Å²) in [6, 6.07) is 0. The number of H-pyrrole nitrogens is 1. The zero-order valence-corrected chi connectivity index (χ0v) is 6.41. The zero-order chi connectivity index (χ0) is 7.84. The van der Waals surface area contributed by atoms with E-state index in [0.717, 1.165) is 24.5 Å². The van der Waals surface area contributed by atoms with Gasteiger partial charge >= 0.3 is 0 Å². The first-order valence-electron chi connectivity index (χ1n) is 3.82. The first kappa shape index (κ1) is 6.79. The molecule has 1 saturated carbocycles. The van der Waals surface area contributed by atoms with Crippen LogP contribution in [0.4, 0.5) is 0 Å². The summed E-state index contributed by atoms with van der Waals surface area (Å²) in [5.41, 5.74) is 0. The van der Waals surface area contributed by atoms with Crippen molar-refractivity contribution in [3.63, 3.8) is 0 Å². The van der Waals surface area contributed by atoms with Crippen molar-refractivity contribution in [2.45, 2.75) is 31.8 Å². The summed E-state index contributed by atoms with van der Waals surface area (Å²) in [6.07, 6.45) is 1.51. The van der Waals surface area contributed by atoms with Crippen molar-refractivity contribution in [2.24, 2.45) is 0 Å². The standard InChI is InChI=1S/C7H11N3O/c1-4-8-7(10-9-4)5-2-6(11)3-5/h5-6,11H,2-3H2,1H3,(H,8,9,10). The first-order chi connectivity index (χ1) is 5.25. The number of rotatable bonds is 1. The van der Waals surface area contributed by atoms with Crippen LogP contribution in [0.5, 0.6) is 0 Å². The van der Waals surface area contributed by atoms with Gasteiger partial charge in [-0.1, -0.05) is 0 Å². The molecule has 1 aromatic rings. The van der Waals surface area contributed by atoms with E-state index in [1.54, 1.807) is 0 Å². The Kier molecular flexibility index (Phi) is 1.42. The molecular weight excluding hydrogens is 142 g/mol. The van der Waals surface area contributed by atoms with E-state index in [2.05, 4.69) is 15.2 Å². The van der Waals surface area contributed by atoms with Crippen LogP contribution in [0.15, 0.2) is 0 Å². The largest absolute Gasteiger partial charge is 0.393 e. The van der Waals surface area contributed by atoms with Gasteiger partial charge in [0.15, 0.2) is 5.82 Å². The van der Waals surface area contributed by atoms with Gasteiger partial charge in [-0.05, 0) is 19.8 Å². The lowest BCUT2D eigenvalue weighted by Crippen LogP contribution is -2.27. The molecule has 0 unspecified atom stereocenters. The molecule has 1 heterocycles. The van der Waals surface area contributed by atoms with Gasteiger partial charge in [-0.25, -0.2) is 4.98 Å². The molecule has 11 heavy (non-hydrogen) atoms. The van der Waals surface area contributed by atoms with E-state index in [1.165, 1.54) is 0 Å². The van der Waals surface area contributed by atoms with E-state index >= 15 is 0 Å². The van der Waals surface area contributed by atoms with Gasteiger partial charge in [-0.3, -0.25) is 5.10 Å². The maximum Gasteiger partial charge on any atom is 0.153 e. The van der Waals surface area contributed by atoms with E-state index in [0.29, 0.717) is 5.92 Å². The van der Waals surface area contributed by atoms with Crippen molar-refractivity contribution in [3.05, 3.63) is 11.6 Å². The van der Waals surface area contributed by atoms with Crippen LogP contribution >= 0.6 is 0 Å². The van der Waals surface area contributed by atoms with Crippen molar-refractivity contribution < 1.29 is 5.11 Å². The fourth-order valence-corrected chi connectivity index (χ4v) is 1.34. The summed E-state index contributed by atoms with van der Waals surface area (Å²) in [6.45, 7) is 1.88. The predicted octanol–water partition coefficient (Wildman–Crippen LogP) is 0.351. The Morgan fingerprint density at radius 1 is 1.55 bits per heavy atom. The van der Waals surface area contributed by atoms with Crippen LogP contribution in [0.25, 0.3) is 0 Å². The van der Waals surface area contributed by atoms with E-state index < -0.39 is 0 Å². The SMILES string of the molecule is Cc1nc(C2CC(O)C2)n[nH]1. The monoisotopic (exact) mass is 153 g/mol. The van der Waals surface area contributed by atoms with Crippen molar-refractivity contribution in [3.8, 4) is 0 Å². The summed E-state index contributed by atoms with van der Waals surface area (Å²) >= 11 is 0. The lowest BCUT2D eigenvalue weighted by atomic mass is 9.82. The maximum atomic E-state index is 9.02. The van der Waals surface area contributed by atoms with Crippen molar-refractivity contribution in [1.82, 2.24) is 15.2 Å². The van der Waals surface area contributed by atoms with Gasteiger partial charge in [-0.2, -0.15) is 5.10 Å². The van der Waals surface area contributed by atoms with Gasteiger partial charge in [0.2, 0.25) is 0 Å². The van der Waals surface area contributed by atoms with Gasteiger partial charge in [0.25, 0.3) is 0 Å². The first-order valence-corrected chi connectivity index (χ1v) is 3.82. The van der Waals surface area contributed by atoms with Crippen molar-refractivity contribution in [1.29, 1.82) is 0 Å². The quantitative estimate of drug-likeness (QED) is 0.612. The summed E-state index contributed by atoms with van der Waals surface area (Å²) < 4.78 is 0. The van der Waals surface area contributed by atoms with Crippen LogP contribution in [0.1, 0.15) is 30.4 Å². The normalized spacial score (nSPS) is 30.0. The number of aliphatic hydroxyl groups excluding tert-OH is 1. The molecule has 4 heteroatoms. The molecule has 0 radical (unpaired) electrons. The molecule has 2 rings (SSSR count). The third-order valence-corrected chi connectivity index (χ3v) is 2.09. The second-order valence-corrected chi connectivity index (χ2v) is 3.10. The predicted molar refractivity (Wildman–Crippen MR) is 39.1 cm³/mol. The molecule has 0 aliphatic heterocycles. The highest BCUT2D eigenvalue weighted by Gasteiger charge is 2.31. The number of aromatic amines is 1. The Hall–Kier alpha value is -0.900. The molecule has 0 spiro atoms.